The summed E-state index contributed by atoms with van der Waals surface area (Å²) in [5.41, 5.74) is 2.99. The summed E-state index contributed by atoms with van der Waals surface area (Å²) in [6, 6.07) is 13.5. The van der Waals surface area contributed by atoms with Gasteiger partial charge in [0.1, 0.15) is 12.3 Å². The number of carbonyl (C=O) groups excluding carboxylic acids is 1. The van der Waals surface area contributed by atoms with Crippen LogP contribution in [0.2, 0.25) is 5.02 Å². The van der Waals surface area contributed by atoms with E-state index >= 15 is 0 Å². The Labute approximate surface area is 146 Å². The Hall–Kier alpha value is -2.46. The molecule has 1 N–H and O–H groups in total. The van der Waals surface area contributed by atoms with E-state index < -0.39 is 0 Å². The third-order valence-corrected chi connectivity index (χ3v) is 4.29. The van der Waals surface area contributed by atoms with Gasteiger partial charge in [0, 0.05) is 17.4 Å². The highest BCUT2D eigenvalue weighted by Gasteiger charge is 2.09. The van der Waals surface area contributed by atoms with Crippen molar-refractivity contribution in [2.24, 2.45) is 0 Å². The monoisotopic (exact) mass is 342 g/mol. The van der Waals surface area contributed by atoms with Crippen molar-refractivity contribution in [3.8, 4) is 5.75 Å². The second-order valence-electron chi connectivity index (χ2n) is 5.59. The van der Waals surface area contributed by atoms with Gasteiger partial charge in [-0.15, -0.1) is 0 Å². The first-order valence-electron chi connectivity index (χ1n) is 7.82. The SMILES string of the molecule is CCc1ccc2c(ccn2CC(=O)Nc2ccc(OC)c(Cl)c2)c1. The Kier molecular flexibility index (Phi) is 4.76. The topological polar surface area (TPSA) is 43.3 Å². The van der Waals surface area contributed by atoms with Gasteiger partial charge in [0.15, 0.2) is 0 Å². The third kappa shape index (κ3) is 3.39. The number of methoxy groups -OCH3 is 1. The van der Waals surface area contributed by atoms with E-state index in [0.717, 1.165) is 17.3 Å². The molecule has 1 amide bonds. The van der Waals surface area contributed by atoms with Crippen LogP contribution in [-0.4, -0.2) is 17.6 Å². The van der Waals surface area contributed by atoms with Crippen LogP contribution >= 0.6 is 11.6 Å². The van der Waals surface area contributed by atoms with E-state index in [1.807, 2.05) is 16.8 Å². The van der Waals surface area contributed by atoms with E-state index in [4.69, 9.17) is 16.3 Å². The molecule has 3 aromatic rings. The summed E-state index contributed by atoms with van der Waals surface area (Å²) < 4.78 is 7.05. The summed E-state index contributed by atoms with van der Waals surface area (Å²) in [7, 11) is 1.56. The molecular weight excluding hydrogens is 324 g/mol. The van der Waals surface area contributed by atoms with Crippen molar-refractivity contribution >= 4 is 34.1 Å². The van der Waals surface area contributed by atoms with Gasteiger partial charge in [-0.05, 0) is 53.8 Å². The molecule has 0 saturated heterocycles. The molecule has 0 unspecified atom stereocenters. The molecule has 0 atom stereocenters. The van der Waals surface area contributed by atoms with Crippen molar-refractivity contribution in [3.05, 3.63) is 59.2 Å². The van der Waals surface area contributed by atoms with Crippen molar-refractivity contribution in [3.63, 3.8) is 0 Å². The Morgan fingerprint density at radius 1 is 1.21 bits per heavy atom. The van der Waals surface area contributed by atoms with Crippen LogP contribution in [0, 0.1) is 0 Å². The highest BCUT2D eigenvalue weighted by Crippen LogP contribution is 2.27. The van der Waals surface area contributed by atoms with Crippen LogP contribution < -0.4 is 10.1 Å². The third-order valence-electron chi connectivity index (χ3n) is 3.99. The van der Waals surface area contributed by atoms with Gasteiger partial charge in [-0.2, -0.15) is 0 Å². The first kappa shape index (κ1) is 16.4. The summed E-state index contributed by atoms with van der Waals surface area (Å²) in [6.45, 7) is 2.38. The van der Waals surface area contributed by atoms with Crippen LogP contribution in [0.25, 0.3) is 10.9 Å². The van der Waals surface area contributed by atoms with Crippen molar-refractivity contribution in [1.29, 1.82) is 0 Å². The average Bonchev–Trinajstić information content (AvgIpc) is 2.97. The molecule has 0 aliphatic heterocycles. The van der Waals surface area contributed by atoms with Gasteiger partial charge in [0.2, 0.25) is 5.91 Å². The molecule has 0 fully saturated rings. The van der Waals surface area contributed by atoms with Crippen molar-refractivity contribution in [1.82, 2.24) is 4.57 Å². The minimum Gasteiger partial charge on any atom is -0.495 e. The maximum atomic E-state index is 12.3. The van der Waals surface area contributed by atoms with Crippen LogP contribution in [0.4, 0.5) is 5.69 Å². The maximum Gasteiger partial charge on any atom is 0.244 e. The van der Waals surface area contributed by atoms with E-state index in [0.29, 0.717) is 16.5 Å². The molecule has 0 bridgehead atoms. The van der Waals surface area contributed by atoms with Crippen molar-refractivity contribution in [2.75, 3.05) is 12.4 Å². The fourth-order valence-corrected chi connectivity index (χ4v) is 2.96. The van der Waals surface area contributed by atoms with Gasteiger partial charge in [0.05, 0.1) is 12.1 Å². The highest BCUT2D eigenvalue weighted by molar-refractivity contribution is 6.32. The molecule has 0 saturated carbocycles. The van der Waals surface area contributed by atoms with Crippen LogP contribution in [-0.2, 0) is 17.8 Å². The summed E-state index contributed by atoms with van der Waals surface area (Å²) in [5, 5.41) is 4.47. The molecule has 0 aliphatic rings. The number of rotatable bonds is 5. The van der Waals surface area contributed by atoms with Crippen LogP contribution in [0.5, 0.6) is 5.75 Å². The second-order valence-corrected chi connectivity index (χ2v) is 6.00. The fraction of sp³-hybridized carbons (Fsp3) is 0.211. The number of halogens is 1. The predicted molar refractivity (Wildman–Crippen MR) is 97.9 cm³/mol. The molecule has 3 rings (SSSR count). The average molecular weight is 343 g/mol. The van der Waals surface area contributed by atoms with Crippen molar-refractivity contribution in [2.45, 2.75) is 19.9 Å². The number of amides is 1. The Balaban J connectivity index is 1.74. The van der Waals surface area contributed by atoms with Crippen LogP contribution in [0.15, 0.2) is 48.7 Å². The lowest BCUT2D eigenvalue weighted by Crippen LogP contribution is -2.18. The number of ether oxygens (including phenoxy) is 1. The number of aromatic nitrogens is 1. The lowest BCUT2D eigenvalue weighted by molar-refractivity contribution is -0.116. The number of fused-ring (bicyclic) bond motifs is 1. The minimum atomic E-state index is -0.103. The molecule has 5 heteroatoms. The standard InChI is InChI=1S/C19H19ClN2O2/c1-3-13-4-6-17-14(10-13)8-9-22(17)12-19(23)21-15-5-7-18(24-2)16(20)11-15/h4-11H,3,12H2,1-2H3,(H,21,23). The smallest absolute Gasteiger partial charge is 0.244 e. The van der Waals surface area contributed by atoms with Gasteiger partial charge in [-0.1, -0.05) is 24.6 Å². The first-order chi connectivity index (χ1) is 11.6. The minimum absolute atomic E-state index is 0.103. The highest BCUT2D eigenvalue weighted by atomic mass is 35.5. The maximum absolute atomic E-state index is 12.3. The second kappa shape index (κ2) is 6.97. The number of carbonyl (C=O) groups is 1. The van der Waals surface area contributed by atoms with Gasteiger partial charge in [0.25, 0.3) is 0 Å². The normalized spacial score (nSPS) is 10.8. The quantitative estimate of drug-likeness (QED) is 0.741. The molecule has 24 heavy (non-hydrogen) atoms. The molecule has 124 valence electrons. The van der Waals surface area contributed by atoms with Gasteiger partial charge in [-0.25, -0.2) is 0 Å². The molecule has 0 aliphatic carbocycles. The molecule has 0 spiro atoms. The largest absolute Gasteiger partial charge is 0.495 e. The number of nitrogens with one attached hydrogen (secondary N) is 1. The molecule has 4 nitrogen and oxygen atoms in total. The van der Waals surface area contributed by atoms with Crippen LogP contribution in [0.1, 0.15) is 12.5 Å². The zero-order chi connectivity index (χ0) is 17.1. The van der Waals surface area contributed by atoms with E-state index in [1.54, 1.807) is 25.3 Å². The number of anilines is 1. The Morgan fingerprint density at radius 2 is 2.04 bits per heavy atom. The van der Waals surface area contributed by atoms with Gasteiger partial charge in [-0.3, -0.25) is 4.79 Å². The summed E-state index contributed by atoms with van der Waals surface area (Å²) in [4.78, 5) is 12.3. The molecule has 1 heterocycles. The number of hydrogen-bond donors (Lipinski definition) is 1. The van der Waals surface area contributed by atoms with Crippen LogP contribution in [0.3, 0.4) is 0 Å². The Bertz CT molecular complexity index is 886. The fourth-order valence-electron chi connectivity index (χ4n) is 2.71. The summed E-state index contributed by atoms with van der Waals surface area (Å²) >= 11 is 6.08. The van der Waals surface area contributed by atoms with E-state index in [1.165, 1.54) is 5.56 Å². The molecule has 2 aromatic carbocycles. The van der Waals surface area contributed by atoms with Gasteiger partial charge >= 0.3 is 0 Å². The van der Waals surface area contributed by atoms with Crippen molar-refractivity contribution < 1.29 is 9.53 Å². The zero-order valence-corrected chi connectivity index (χ0v) is 14.4. The number of nitrogens with zero attached hydrogens (tertiary/aromatic N) is 1. The van der Waals surface area contributed by atoms with Gasteiger partial charge < -0.3 is 14.6 Å². The first-order valence-corrected chi connectivity index (χ1v) is 8.19. The summed E-state index contributed by atoms with van der Waals surface area (Å²) in [5.74, 6) is 0.478. The molecular formula is C19H19ClN2O2. The zero-order valence-electron chi connectivity index (χ0n) is 13.7. The number of hydrogen-bond acceptors (Lipinski definition) is 2. The lowest BCUT2D eigenvalue weighted by atomic mass is 10.1. The van der Waals surface area contributed by atoms with E-state index in [2.05, 4.69) is 30.4 Å². The van der Waals surface area contributed by atoms with E-state index in [9.17, 15) is 4.79 Å². The van der Waals surface area contributed by atoms with E-state index in [-0.39, 0.29) is 12.5 Å². The number of aryl methyl sites for hydroxylation is 1. The molecule has 1 aromatic heterocycles. The summed E-state index contributed by atoms with van der Waals surface area (Å²) in [6.07, 6.45) is 2.94. The number of benzene rings is 2. The molecule has 0 radical (unpaired) electrons. The predicted octanol–water partition coefficient (Wildman–Crippen LogP) is 4.50. The Morgan fingerprint density at radius 3 is 2.75 bits per heavy atom. The lowest BCUT2D eigenvalue weighted by Gasteiger charge is -2.09.